The number of hydrogen-bond acceptors (Lipinski definition) is 7. The first-order chi connectivity index (χ1) is 16.4. The SMILES string of the molecule is CS(=O)(=O)Nc1cccc(N=NC2C=C(c3nc4cc(-c5ccccc5)ccc4o3)C=CO2)c1. The monoisotopic (exact) mass is 472 g/mol. The van der Waals surface area contributed by atoms with Crippen molar-refractivity contribution in [1.29, 1.82) is 0 Å². The number of rotatable bonds is 6. The van der Waals surface area contributed by atoms with Crippen molar-refractivity contribution in [3.05, 3.63) is 97.1 Å². The molecule has 0 saturated carbocycles. The van der Waals surface area contributed by atoms with E-state index in [1.54, 1.807) is 36.4 Å². The highest BCUT2D eigenvalue weighted by atomic mass is 32.2. The highest BCUT2D eigenvalue weighted by molar-refractivity contribution is 7.92. The molecule has 3 aromatic carbocycles. The van der Waals surface area contributed by atoms with Gasteiger partial charge in [-0.3, -0.25) is 4.72 Å². The molecule has 1 aliphatic heterocycles. The van der Waals surface area contributed by atoms with Crippen LogP contribution >= 0.6 is 0 Å². The molecule has 8 nitrogen and oxygen atoms in total. The number of nitrogens with one attached hydrogen (secondary N) is 1. The van der Waals surface area contributed by atoms with Crippen LogP contribution in [0.2, 0.25) is 0 Å². The van der Waals surface area contributed by atoms with Gasteiger partial charge in [0, 0.05) is 5.57 Å². The van der Waals surface area contributed by atoms with Crippen LogP contribution in [0.3, 0.4) is 0 Å². The molecule has 5 rings (SSSR count). The number of aromatic nitrogens is 1. The molecule has 1 N–H and O–H groups in total. The number of ether oxygens (including phenoxy) is 1. The van der Waals surface area contributed by atoms with Crippen LogP contribution in [-0.4, -0.2) is 25.9 Å². The quantitative estimate of drug-likeness (QED) is 0.352. The fourth-order valence-corrected chi connectivity index (χ4v) is 4.03. The van der Waals surface area contributed by atoms with E-state index in [9.17, 15) is 8.42 Å². The van der Waals surface area contributed by atoms with Gasteiger partial charge in [0.2, 0.25) is 22.1 Å². The van der Waals surface area contributed by atoms with Crippen LogP contribution in [0.4, 0.5) is 11.4 Å². The van der Waals surface area contributed by atoms with Crippen LogP contribution in [0, 0.1) is 0 Å². The number of oxazole rings is 1. The second-order valence-corrected chi connectivity index (χ2v) is 9.41. The summed E-state index contributed by atoms with van der Waals surface area (Å²) in [6.07, 6.45) is 5.44. The zero-order chi connectivity index (χ0) is 23.5. The van der Waals surface area contributed by atoms with E-state index < -0.39 is 16.3 Å². The van der Waals surface area contributed by atoms with Gasteiger partial charge >= 0.3 is 0 Å². The van der Waals surface area contributed by atoms with Crippen LogP contribution in [0.15, 0.2) is 106 Å². The van der Waals surface area contributed by atoms with Crippen molar-refractivity contribution in [1.82, 2.24) is 4.98 Å². The Morgan fingerprint density at radius 3 is 2.65 bits per heavy atom. The second kappa shape index (κ2) is 8.95. The first kappa shape index (κ1) is 21.6. The third-order valence-corrected chi connectivity index (χ3v) is 5.57. The maximum Gasteiger partial charge on any atom is 0.229 e. The van der Waals surface area contributed by atoms with Gasteiger partial charge in [-0.25, -0.2) is 13.4 Å². The topological polar surface area (TPSA) is 106 Å². The average Bonchev–Trinajstić information content (AvgIpc) is 3.26. The van der Waals surface area contributed by atoms with E-state index in [0.717, 1.165) is 28.5 Å². The summed E-state index contributed by atoms with van der Waals surface area (Å²) in [6.45, 7) is 0. The molecule has 0 saturated heterocycles. The molecule has 1 unspecified atom stereocenters. The van der Waals surface area contributed by atoms with E-state index >= 15 is 0 Å². The van der Waals surface area contributed by atoms with Crippen LogP contribution < -0.4 is 4.72 Å². The average molecular weight is 473 g/mol. The predicted molar refractivity (Wildman–Crippen MR) is 131 cm³/mol. The molecular formula is C25H20N4O4S. The molecule has 0 aliphatic carbocycles. The van der Waals surface area contributed by atoms with Gasteiger partial charge in [0.25, 0.3) is 0 Å². The van der Waals surface area contributed by atoms with E-state index in [4.69, 9.17) is 9.15 Å². The summed E-state index contributed by atoms with van der Waals surface area (Å²) in [7, 11) is -3.38. The zero-order valence-corrected chi connectivity index (χ0v) is 18.9. The Kier molecular flexibility index (Phi) is 5.69. The van der Waals surface area contributed by atoms with Crippen LogP contribution in [-0.2, 0) is 14.8 Å². The third kappa shape index (κ3) is 5.05. The number of fused-ring (bicyclic) bond motifs is 1. The number of anilines is 1. The summed E-state index contributed by atoms with van der Waals surface area (Å²) in [5, 5.41) is 8.38. The lowest BCUT2D eigenvalue weighted by Crippen LogP contribution is -2.09. The molecule has 0 spiro atoms. The summed E-state index contributed by atoms with van der Waals surface area (Å²) >= 11 is 0. The van der Waals surface area contributed by atoms with Crippen molar-refractivity contribution in [2.24, 2.45) is 10.2 Å². The van der Waals surface area contributed by atoms with Gasteiger partial charge in [0.1, 0.15) is 5.52 Å². The smallest absolute Gasteiger partial charge is 0.229 e. The number of hydrogen-bond donors (Lipinski definition) is 1. The molecule has 2 heterocycles. The van der Waals surface area contributed by atoms with Crippen molar-refractivity contribution < 1.29 is 17.6 Å². The highest BCUT2D eigenvalue weighted by Crippen LogP contribution is 2.29. The van der Waals surface area contributed by atoms with Crippen molar-refractivity contribution in [3.63, 3.8) is 0 Å². The largest absolute Gasteiger partial charge is 0.471 e. The lowest BCUT2D eigenvalue weighted by molar-refractivity contribution is 0.186. The maximum atomic E-state index is 11.4. The number of sulfonamides is 1. The predicted octanol–water partition coefficient (Wildman–Crippen LogP) is 5.90. The molecule has 9 heteroatoms. The van der Waals surface area contributed by atoms with Gasteiger partial charge in [-0.2, -0.15) is 5.11 Å². The van der Waals surface area contributed by atoms with Gasteiger partial charge in [0.05, 0.1) is 23.9 Å². The minimum Gasteiger partial charge on any atom is -0.471 e. The van der Waals surface area contributed by atoms with E-state index in [1.807, 2.05) is 36.4 Å². The Bertz CT molecular complexity index is 1540. The van der Waals surface area contributed by atoms with Crippen molar-refractivity contribution in [2.45, 2.75) is 6.23 Å². The van der Waals surface area contributed by atoms with E-state index in [-0.39, 0.29) is 0 Å². The fourth-order valence-electron chi connectivity index (χ4n) is 3.47. The molecule has 1 aromatic heterocycles. The van der Waals surface area contributed by atoms with Crippen molar-refractivity contribution in [3.8, 4) is 11.1 Å². The molecule has 170 valence electrons. The summed E-state index contributed by atoms with van der Waals surface area (Å²) < 4.78 is 36.7. The molecular weight excluding hydrogens is 452 g/mol. The molecule has 0 fully saturated rings. The molecule has 0 bridgehead atoms. The maximum absolute atomic E-state index is 11.4. The first-order valence-corrected chi connectivity index (χ1v) is 12.3. The summed E-state index contributed by atoms with van der Waals surface area (Å²) in [6, 6.07) is 22.6. The molecule has 0 radical (unpaired) electrons. The molecule has 1 aliphatic rings. The molecule has 4 aromatic rings. The lowest BCUT2D eigenvalue weighted by Gasteiger charge is -2.12. The Labute approximate surface area is 196 Å². The first-order valence-electron chi connectivity index (χ1n) is 10.4. The van der Waals surface area contributed by atoms with Crippen LogP contribution in [0.5, 0.6) is 0 Å². The highest BCUT2D eigenvalue weighted by Gasteiger charge is 2.16. The molecule has 34 heavy (non-hydrogen) atoms. The Morgan fingerprint density at radius 1 is 0.971 bits per heavy atom. The van der Waals surface area contributed by atoms with E-state index in [2.05, 4.69) is 32.1 Å². The van der Waals surface area contributed by atoms with Gasteiger partial charge < -0.3 is 9.15 Å². The molecule has 0 amide bonds. The molecule has 1 atom stereocenters. The van der Waals surface area contributed by atoms with Crippen LogP contribution in [0.25, 0.3) is 27.8 Å². The standard InChI is InChI=1S/C25H20N4O4S/c1-34(30,31)29-21-9-5-8-20(16-21)27-28-24-15-19(12-13-32-24)25-26-22-14-18(10-11-23(22)33-25)17-6-3-2-4-7-17/h2-16,24,29H,1H3. The minimum absolute atomic E-state index is 0.404. The van der Waals surface area contributed by atoms with E-state index in [1.165, 1.54) is 6.26 Å². The number of benzene rings is 3. The normalized spacial score (nSPS) is 15.9. The second-order valence-electron chi connectivity index (χ2n) is 7.66. The third-order valence-electron chi connectivity index (χ3n) is 4.97. The van der Waals surface area contributed by atoms with E-state index in [0.29, 0.717) is 22.8 Å². The Hall–Kier alpha value is -4.24. The van der Waals surface area contributed by atoms with Crippen molar-refractivity contribution in [2.75, 3.05) is 11.0 Å². The Morgan fingerprint density at radius 2 is 1.82 bits per heavy atom. The zero-order valence-electron chi connectivity index (χ0n) is 18.1. The van der Waals surface area contributed by atoms with Crippen LogP contribution in [0.1, 0.15) is 5.89 Å². The fraction of sp³-hybridized carbons (Fsp3) is 0.0800. The number of nitrogens with zero attached hydrogens (tertiary/aromatic N) is 3. The Balaban J connectivity index is 1.37. The van der Waals surface area contributed by atoms with Gasteiger partial charge in [-0.05, 0) is 53.6 Å². The summed E-state index contributed by atoms with van der Waals surface area (Å²) in [5.74, 6) is 0.458. The van der Waals surface area contributed by atoms with Gasteiger partial charge in [-0.15, -0.1) is 5.11 Å². The van der Waals surface area contributed by atoms with Gasteiger partial charge in [0.15, 0.2) is 5.58 Å². The number of allylic oxidation sites excluding steroid dienone is 2. The van der Waals surface area contributed by atoms with Gasteiger partial charge in [-0.1, -0.05) is 42.5 Å². The number of azo groups is 1. The summed E-state index contributed by atoms with van der Waals surface area (Å²) in [4.78, 5) is 4.64. The van der Waals surface area contributed by atoms with Crippen molar-refractivity contribution >= 4 is 38.1 Å². The minimum atomic E-state index is -3.38. The summed E-state index contributed by atoms with van der Waals surface area (Å²) in [5.41, 5.74) is 5.21. The lowest BCUT2D eigenvalue weighted by atomic mass is 10.1.